The number of rotatable bonds is 3. The molecule has 0 unspecified atom stereocenters. The van der Waals surface area contributed by atoms with E-state index in [1.165, 1.54) is 19.3 Å². The van der Waals surface area contributed by atoms with E-state index in [1.54, 1.807) is 14.2 Å². The first-order valence-corrected chi connectivity index (χ1v) is 6.63. The van der Waals surface area contributed by atoms with Crippen LogP contribution in [0.4, 0.5) is 0 Å². The molecule has 3 nitrogen and oxygen atoms in total. The molecule has 1 saturated carbocycles. The maximum absolute atomic E-state index is 6.57. The van der Waals surface area contributed by atoms with Crippen LogP contribution in [0.25, 0.3) is 0 Å². The maximum Gasteiger partial charge on any atom is 0.125 e. The normalized spacial score (nSPS) is 18.4. The molecule has 0 aromatic heterocycles. The molecule has 1 aliphatic carbocycles. The second-order valence-electron chi connectivity index (χ2n) is 5.22. The Balaban J connectivity index is 2.43. The maximum atomic E-state index is 6.57. The van der Waals surface area contributed by atoms with E-state index in [0.29, 0.717) is 0 Å². The van der Waals surface area contributed by atoms with Gasteiger partial charge in [0.1, 0.15) is 11.5 Å². The van der Waals surface area contributed by atoms with Crippen LogP contribution in [0.1, 0.15) is 43.2 Å². The molecule has 0 atom stereocenters. The third-order valence-corrected chi connectivity index (χ3v) is 4.07. The smallest absolute Gasteiger partial charge is 0.125 e. The Morgan fingerprint density at radius 1 is 1.00 bits per heavy atom. The summed E-state index contributed by atoms with van der Waals surface area (Å²) >= 11 is 0. The SMILES string of the molecule is COc1cc(C2(N)CCCCC2)cc(OC)c1C. The van der Waals surface area contributed by atoms with Crippen molar-refractivity contribution < 1.29 is 9.47 Å². The molecule has 0 bridgehead atoms. The van der Waals surface area contributed by atoms with Crippen LogP contribution in [0.15, 0.2) is 12.1 Å². The summed E-state index contributed by atoms with van der Waals surface area (Å²) in [5.74, 6) is 1.72. The highest BCUT2D eigenvalue weighted by Crippen LogP contribution is 2.39. The Morgan fingerprint density at radius 2 is 1.50 bits per heavy atom. The fourth-order valence-electron chi connectivity index (χ4n) is 2.84. The summed E-state index contributed by atoms with van der Waals surface area (Å²) < 4.78 is 10.9. The Morgan fingerprint density at radius 3 is 1.94 bits per heavy atom. The van der Waals surface area contributed by atoms with Gasteiger partial charge in [-0.3, -0.25) is 0 Å². The number of methoxy groups -OCH3 is 2. The van der Waals surface area contributed by atoms with Crippen LogP contribution in [0.5, 0.6) is 11.5 Å². The predicted octanol–water partition coefficient (Wildman–Crippen LogP) is 3.13. The first-order valence-electron chi connectivity index (χ1n) is 6.63. The van der Waals surface area contributed by atoms with Crippen LogP contribution < -0.4 is 15.2 Å². The first kappa shape index (κ1) is 13.2. The van der Waals surface area contributed by atoms with Crippen molar-refractivity contribution in [1.29, 1.82) is 0 Å². The number of benzene rings is 1. The summed E-state index contributed by atoms with van der Waals surface area (Å²) in [6.45, 7) is 2.01. The van der Waals surface area contributed by atoms with Crippen LogP contribution in [0, 0.1) is 6.92 Å². The van der Waals surface area contributed by atoms with Gasteiger partial charge in [-0.05, 0) is 37.5 Å². The Hall–Kier alpha value is -1.22. The van der Waals surface area contributed by atoms with Crippen molar-refractivity contribution in [2.75, 3.05) is 14.2 Å². The van der Waals surface area contributed by atoms with Gasteiger partial charge in [-0.1, -0.05) is 19.3 Å². The molecule has 0 spiro atoms. The van der Waals surface area contributed by atoms with Crippen molar-refractivity contribution in [2.24, 2.45) is 5.73 Å². The van der Waals surface area contributed by atoms with Crippen LogP contribution >= 0.6 is 0 Å². The van der Waals surface area contributed by atoms with Crippen molar-refractivity contribution in [3.63, 3.8) is 0 Å². The van der Waals surface area contributed by atoms with Crippen molar-refractivity contribution in [3.8, 4) is 11.5 Å². The zero-order chi connectivity index (χ0) is 13.2. The van der Waals surface area contributed by atoms with E-state index >= 15 is 0 Å². The molecule has 1 aromatic rings. The highest BCUT2D eigenvalue weighted by Gasteiger charge is 2.30. The number of hydrogen-bond acceptors (Lipinski definition) is 3. The minimum absolute atomic E-state index is 0.216. The monoisotopic (exact) mass is 249 g/mol. The van der Waals surface area contributed by atoms with E-state index in [0.717, 1.165) is 35.5 Å². The lowest BCUT2D eigenvalue weighted by molar-refractivity contribution is 0.298. The van der Waals surface area contributed by atoms with Crippen LogP contribution in [-0.2, 0) is 5.54 Å². The quantitative estimate of drug-likeness (QED) is 0.895. The number of ether oxygens (including phenoxy) is 2. The Labute approximate surface area is 109 Å². The molecule has 3 heteroatoms. The van der Waals surface area contributed by atoms with Gasteiger partial charge in [0, 0.05) is 11.1 Å². The molecule has 0 amide bonds. The molecular formula is C15H23NO2. The van der Waals surface area contributed by atoms with Gasteiger partial charge in [0.05, 0.1) is 14.2 Å². The molecule has 18 heavy (non-hydrogen) atoms. The first-order chi connectivity index (χ1) is 8.60. The lowest BCUT2D eigenvalue weighted by atomic mass is 9.77. The highest BCUT2D eigenvalue weighted by molar-refractivity contribution is 5.49. The second-order valence-corrected chi connectivity index (χ2v) is 5.22. The molecule has 0 saturated heterocycles. The topological polar surface area (TPSA) is 44.5 Å². The average Bonchev–Trinajstić information content (AvgIpc) is 2.39. The molecule has 1 fully saturated rings. The predicted molar refractivity (Wildman–Crippen MR) is 73.2 cm³/mol. The van der Waals surface area contributed by atoms with Gasteiger partial charge in [-0.25, -0.2) is 0 Å². The van der Waals surface area contributed by atoms with Crippen LogP contribution in [-0.4, -0.2) is 14.2 Å². The molecule has 100 valence electrons. The van der Waals surface area contributed by atoms with Crippen molar-refractivity contribution in [1.82, 2.24) is 0 Å². The standard InChI is InChI=1S/C15H23NO2/c1-11-13(17-2)9-12(10-14(11)18-3)15(16)7-5-4-6-8-15/h9-10H,4-8,16H2,1-3H3. The molecule has 0 heterocycles. The van der Waals surface area contributed by atoms with E-state index in [1.807, 2.05) is 6.92 Å². The van der Waals surface area contributed by atoms with Gasteiger partial charge in [-0.2, -0.15) is 0 Å². The molecule has 0 radical (unpaired) electrons. The summed E-state index contributed by atoms with van der Waals surface area (Å²) in [7, 11) is 3.38. The van der Waals surface area contributed by atoms with Crippen LogP contribution in [0.2, 0.25) is 0 Å². The number of hydrogen-bond donors (Lipinski definition) is 1. The molecule has 2 rings (SSSR count). The molecule has 1 aliphatic rings. The van der Waals surface area contributed by atoms with Gasteiger partial charge in [-0.15, -0.1) is 0 Å². The van der Waals surface area contributed by atoms with Crippen LogP contribution in [0.3, 0.4) is 0 Å². The summed E-state index contributed by atoms with van der Waals surface area (Å²) in [6.07, 6.45) is 5.79. The van der Waals surface area contributed by atoms with E-state index < -0.39 is 0 Å². The molecule has 1 aromatic carbocycles. The minimum atomic E-state index is -0.216. The number of nitrogens with two attached hydrogens (primary N) is 1. The molecular weight excluding hydrogens is 226 g/mol. The molecule has 2 N–H and O–H groups in total. The summed E-state index contributed by atoms with van der Waals surface area (Å²) in [5.41, 5.74) is 8.52. The third-order valence-electron chi connectivity index (χ3n) is 4.07. The van der Waals surface area contributed by atoms with Crippen molar-refractivity contribution >= 4 is 0 Å². The van der Waals surface area contributed by atoms with Crippen molar-refractivity contribution in [3.05, 3.63) is 23.3 Å². The van der Waals surface area contributed by atoms with Gasteiger partial charge >= 0.3 is 0 Å². The summed E-state index contributed by atoms with van der Waals surface area (Å²) in [5, 5.41) is 0. The summed E-state index contributed by atoms with van der Waals surface area (Å²) in [4.78, 5) is 0. The minimum Gasteiger partial charge on any atom is -0.496 e. The van der Waals surface area contributed by atoms with Gasteiger partial charge in [0.2, 0.25) is 0 Å². The molecule has 0 aliphatic heterocycles. The van der Waals surface area contributed by atoms with E-state index in [9.17, 15) is 0 Å². The van der Waals surface area contributed by atoms with Crippen molar-refractivity contribution in [2.45, 2.75) is 44.6 Å². The zero-order valence-corrected chi connectivity index (χ0v) is 11.6. The Bertz CT molecular complexity index is 397. The second kappa shape index (κ2) is 5.19. The van der Waals surface area contributed by atoms with E-state index in [4.69, 9.17) is 15.2 Å². The lowest BCUT2D eigenvalue weighted by Crippen LogP contribution is -2.38. The Kier molecular flexibility index (Phi) is 3.81. The summed E-state index contributed by atoms with van der Waals surface area (Å²) in [6, 6.07) is 4.15. The fraction of sp³-hybridized carbons (Fsp3) is 0.600. The van der Waals surface area contributed by atoms with Gasteiger partial charge in [0.25, 0.3) is 0 Å². The lowest BCUT2D eigenvalue weighted by Gasteiger charge is -2.34. The zero-order valence-electron chi connectivity index (χ0n) is 11.6. The van der Waals surface area contributed by atoms with E-state index in [-0.39, 0.29) is 5.54 Å². The average molecular weight is 249 g/mol. The fourth-order valence-corrected chi connectivity index (χ4v) is 2.84. The highest BCUT2D eigenvalue weighted by atomic mass is 16.5. The van der Waals surface area contributed by atoms with Gasteiger partial charge < -0.3 is 15.2 Å². The largest absolute Gasteiger partial charge is 0.496 e. The van der Waals surface area contributed by atoms with E-state index in [2.05, 4.69) is 12.1 Å². The van der Waals surface area contributed by atoms with Gasteiger partial charge in [0.15, 0.2) is 0 Å². The third kappa shape index (κ3) is 2.32.